The molecule has 0 amide bonds. The standard InChI is InChI=1S/C6H11NO2/c1-7-2-3-9-5-6(7)4-8/h4,6H,2-3,5H2,1H3/t6-/m0/s1. The minimum absolute atomic E-state index is 0.0150. The van der Waals surface area contributed by atoms with Crippen LogP contribution in [0.3, 0.4) is 0 Å². The van der Waals surface area contributed by atoms with Crippen molar-refractivity contribution in [2.75, 3.05) is 26.8 Å². The Labute approximate surface area is 54.6 Å². The van der Waals surface area contributed by atoms with Crippen LogP contribution in [0, 0.1) is 0 Å². The van der Waals surface area contributed by atoms with E-state index in [1.54, 1.807) is 0 Å². The Kier molecular flexibility index (Phi) is 2.19. The lowest BCUT2D eigenvalue weighted by atomic mass is 10.3. The molecule has 0 N–H and O–H groups in total. The van der Waals surface area contributed by atoms with Gasteiger partial charge in [0.1, 0.15) is 6.29 Å². The molecule has 0 aromatic rings. The highest BCUT2D eigenvalue weighted by atomic mass is 16.5. The lowest BCUT2D eigenvalue weighted by Gasteiger charge is -2.27. The third-order valence-corrected chi connectivity index (χ3v) is 1.60. The first kappa shape index (κ1) is 6.71. The first-order valence-electron chi connectivity index (χ1n) is 3.08. The van der Waals surface area contributed by atoms with Crippen molar-refractivity contribution in [3.05, 3.63) is 0 Å². The Bertz CT molecular complexity index is 105. The molecule has 52 valence electrons. The lowest BCUT2D eigenvalue weighted by molar-refractivity contribution is -0.117. The largest absolute Gasteiger partial charge is 0.378 e. The number of morpholine rings is 1. The highest BCUT2D eigenvalue weighted by molar-refractivity contribution is 5.57. The summed E-state index contributed by atoms with van der Waals surface area (Å²) in [7, 11) is 1.93. The average molecular weight is 129 g/mol. The highest BCUT2D eigenvalue weighted by Crippen LogP contribution is 1.99. The number of carbonyl (C=O) groups excluding carboxylic acids is 1. The van der Waals surface area contributed by atoms with E-state index in [0.29, 0.717) is 6.61 Å². The number of hydrogen-bond donors (Lipinski definition) is 0. The minimum Gasteiger partial charge on any atom is -0.378 e. The van der Waals surface area contributed by atoms with E-state index in [0.717, 1.165) is 19.4 Å². The van der Waals surface area contributed by atoms with E-state index < -0.39 is 0 Å². The molecule has 3 heteroatoms. The second kappa shape index (κ2) is 2.94. The zero-order chi connectivity index (χ0) is 6.69. The number of carbonyl (C=O) groups is 1. The van der Waals surface area contributed by atoms with Crippen LogP contribution in [-0.2, 0) is 9.53 Å². The van der Waals surface area contributed by atoms with Gasteiger partial charge in [0, 0.05) is 6.54 Å². The maximum absolute atomic E-state index is 10.2. The number of hydrogen-bond acceptors (Lipinski definition) is 3. The van der Waals surface area contributed by atoms with Crippen LogP contribution in [0.25, 0.3) is 0 Å². The van der Waals surface area contributed by atoms with E-state index in [4.69, 9.17) is 4.74 Å². The summed E-state index contributed by atoms with van der Waals surface area (Å²) in [4.78, 5) is 12.2. The summed E-state index contributed by atoms with van der Waals surface area (Å²) in [6.07, 6.45) is 0.930. The first-order chi connectivity index (χ1) is 4.34. The molecule has 0 aromatic heterocycles. The predicted molar refractivity (Wildman–Crippen MR) is 33.3 cm³/mol. The average Bonchev–Trinajstić information content (AvgIpc) is 1.89. The van der Waals surface area contributed by atoms with Gasteiger partial charge >= 0.3 is 0 Å². The van der Waals surface area contributed by atoms with E-state index in [2.05, 4.69) is 0 Å². The quantitative estimate of drug-likeness (QED) is 0.448. The maximum Gasteiger partial charge on any atom is 0.139 e. The molecule has 1 aliphatic heterocycles. The number of rotatable bonds is 1. The third kappa shape index (κ3) is 1.50. The molecule has 0 unspecified atom stereocenters. The molecule has 1 atom stereocenters. The molecule has 1 aliphatic rings. The molecule has 0 radical (unpaired) electrons. The third-order valence-electron chi connectivity index (χ3n) is 1.60. The molecule has 0 bridgehead atoms. The zero-order valence-corrected chi connectivity index (χ0v) is 5.54. The molecule has 0 aromatic carbocycles. The second-order valence-electron chi connectivity index (χ2n) is 2.26. The number of aldehydes is 1. The summed E-state index contributed by atoms with van der Waals surface area (Å²) in [5.41, 5.74) is 0. The molecule has 0 spiro atoms. The smallest absolute Gasteiger partial charge is 0.139 e. The van der Waals surface area contributed by atoms with Gasteiger partial charge in [0.05, 0.1) is 19.3 Å². The van der Waals surface area contributed by atoms with Crippen molar-refractivity contribution in [2.45, 2.75) is 6.04 Å². The molecular weight excluding hydrogens is 118 g/mol. The van der Waals surface area contributed by atoms with E-state index >= 15 is 0 Å². The summed E-state index contributed by atoms with van der Waals surface area (Å²) >= 11 is 0. The van der Waals surface area contributed by atoms with Crippen LogP contribution in [0.1, 0.15) is 0 Å². The lowest BCUT2D eigenvalue weighted by Crippen LogP contribution is -2.43. The van der Waals surface area contributed by atoms with Crippen LogP contribution in [-0.4, -0.2) is 44.0 Å². The molecule has 1 fully saturated rings. The van der Waals surface area contributed by atoms with Gasteiger partial charge in [-0.15, -0.1) is 0 Å². The molecule has 3 nitrogen and oxygen atoms in total. The van der Waals surface area contributed by atoms with Crippen LogP contribution in [0.2, 0.25) is 0 Å². The Balaban J connectivity index is 2.38. The van der Waals surface area contributed by atoms with E-state index in [-0.39, 0.29) is 6.04 Å². The zero-order valence-electron chi connectivity index (χ0n) is 5.54. The normalized spacial score (nSPS) is 30.1. The Morgan fingerprint density at radius 2 is 2.56 bits per heavy atom. The van der Waals surface area contributed by atoms with Crippen molar-refractivity contribution in [3.8, 4) is 0 Å². The minimum atomic E-state index is -0.0150. The van der Waals surface area contributed by atoms with Gasteiger partial charge in [-0.1, -0.05) is 0 Å². The van der Waals surface area contributed by atoms with Crippen molar-refractivity contribution in [2.24, 2.45) is 0 Å². The first-order valence-corrected chi connectivity index (χ1v) is 3.08. The molecule has 1 saturated heterocycles. The van der Waals surface area contributed by atoms with Crippen molar-refractivity contribution in [1.29, 1.82) is 0 Å². The van der Waals surface area contributed by atoms with Crippen LogP contribution < -0.4 is 0 Å². The Morgan fingerprint density at radius 1 is 1.78 bits per heavy atom. The number of ether oxygens (including phenoxy) is 1. The maximum atomic E-state index is 10.2. The van der Waals surface area contributed by atoms with E-state index in [1.807, 2.05) is 11.9 Å². The molecule has 0 aliphatic carbocycles. The van der Waals surface area contributed by atoms with Gasteiger partial charge in [-0.3, -0.25) is 4.90 Å². The Morgan fingerprint density at radius 3 is 3.00 bits per heavy atom. The summed E-state index contributed by atoms with van der Waals surface area (Å²) in [6, 6.07) is -0.0150. The SMILES string of the molecule is CN1CCOC[C@@H]1C=O. The monoisotopic (exact) mass is 129 g/mol. The van der Waals surface area contributed by atoms with Gasteiger partial charge in [0.2, 0.25) is 0 Å². The highest BCUT2D eigenvalue weighted by Gasteiger charge is 2.17. The molecular formula is C6H11NO2. The van der Waals surface area contributed by atoms with Crippen LogP contribution >= 0.6 is 0 Å². The number of nitrogens with zero attached hydrogens (tertiary/aromatic N) is 1. The molecule has 1 heterocycles. The van der Waals surface area contributed by atoms with Gasteiger partial charge in [0.15, 0.2) is 0 Å². The summed E-state index contributed by atoms with van der Waals surface area (Å²) < 4.78 is 5.07. The summed E-state index contributed by atoms with van der Waals surface area (Å²) in [5.74, 6) is 0. The van der Waals surface area contributed by atoms with Crippen LogP contribution in [0.5, 0.6) is 0 Å². The molecule has 0 saturated carbocycles. The van der Waals surface area contributed by atoms with Gasteiger partial charge in [-0.25, -0.2) is 0 Å². The molecule has 9 heavy (non-hydrogen) atoms. The molecule has 1 rings (SSSR count). The second-order valence-corrected chi connectivity index (χ2v) is 2.26. The van der Waals surface area contributed by atoms with Gasteiger partial charge in [-0.2, -0.15) is 0 Å². The van der Waals surface area contributed by atoms with Crippen molar-refractivity contribution < 1.29 is 9.53 Å². The van der Waals surface area contributed by atoms with Gasteiger partial charge in [-0.05, 0) is 7.05 Å². The Hall–Kier alpha value is -0.410. The van der Waals surface area contributed by atoms with Gasteiger partial charge in [0.25, 0.3) is 0 Å². The van der Waals surface area contributed by atoms with E-state index in [9.17, 15) is 4.79 Å². The summed E-state index contributed by atoms with van der Waals surface area (Å²) in [6.45, 7) is 2.17. The van der Waals surface area contributed by atoms with Crippen LogP contribution in [0.4, 0.5) is 0 Å². The fourth-order valence-electron chi connectivity index (χ4n) is 0.849. The van der Waals surface area contributed by atoms with E-state index in [1.165, 1.54) is 0 Å². The van der Waals surface area contributed by atoms with Crippen molar-refractivity contribution >= 4 is 6.29 Å². The fourth-order valence-corrected chi connectivity index (χ4v) is 0.849. The topological polar surface area (TPSA) is 29.5 Å². The fraction of sp³-hybridized carbons (Fsp3) is 0.833. The van der Waals surface area contributed by atoms with Gasteiger partial charge < -0.3 is 9.53 Å². The summed E-state index contributed by atoms with van der Waals surface area (Å²) in [5, 5.41) is 0. The van der Waals surface area contributed by atoms with Crippen molar-refractivity contribution in [1.82, 2.24) is 4.90 Å². The number of likely N-dealkylation sites (N-methyl/N-ethyl adjacent to an activating group) is 1. The van der Waals surface area contributed by atoms with Crippen LogP contribution in [0.15, 0.2) is 0 Å². The predicted octanol–water partition coefficient (Wildman–Crippen LogP) is -0.484. The van der Waals surface area contributed by atoms with Crippen molar-refractivity contribution in [3.63, 3.8) is 0 Å².